The predicted molar refractivity (Wildman–Crippen MR) is 72.2 cm³/mol. The van der Waals surface area contributed by atoms with E-state index in [1.165, 1.54) is 5.69 Å². The number of hydrogen-bond acceptors (Lipinski definition) is 3. The highest BCUT2D eigenvalue weighted by atomic mass is 15.2. The fourth-order valence-corrected chi connectivity index (χ4v) is 2.29. The van der Waals surface area contributed by atoms with Crippen LogP contribution in [0.15, 0.2) is 36.5 Å². The van der Waals surface area contributed by atoms with Crippen LogP contribution in [0, 0.1) is 0 Å². The SMILES string of the molecule is c1ccc(-c2ncc(CN3CCNCC3)[nH]2)cc1. The minimum absolute atomic E-state index is 0.959. The molecular weight excluding hydrogens is 224 g/mol. The van der Waals surface area contributed by atoms with Crippen LogP contribution in [0.5, 0.6) is 0 Å². The second-order valence-electron chi connectivity index (χ2n) is 4.65. The van der Waals surface area contributed by atoms with E-state index in [0.717, 1.165) is 44.1 Å². The van der Waals surface area contributed by atoms with Crippen molar-refractivity contribution in [2.45, 2.75) is 6.54 Å². The Kier molecular flexibility index (Phi) is 3.39. The van der Waals surface area contributed by atoms with Gasteiger partial charge in [-0.3, -0.25) is 4.90 Å². The monoisotopic (exact) mass is 242 g/mol. The molecule has 94 valence electrons. The van der Waals surface area contributed by atoms with Gasteiger partial charge in [0, 0.05) is 50.2 Å². The third-order valence-corrected chi connectivity index (χ3v) is 3.28. The number of hydrogen-bond donors (Lipinski definition) is 2. The van der Waals surface area contributed by atoms with E-state index in [9.17, 15) is 0 Å². The number of rotatable bonds is 3. The lowest BCUT2D eigenvalue weighted by Gasteiger charge is -2.26. The van der Waals surface area contributed by atoms with E-state index in [1.54, 1.807) is 0 Å². The molecule has 1 aliphatic rings. The minimum atomic E-state index is 0.959. The Morgan fingerprint density at radius 2 is 1.89 bits per heavy atom. The van der Waals surface area contributed by atoms with Crippen molar-refractivity contribution in [1.82, 2.24) is 20.2 Å². The molecule has 0 atom stereocenters. The Morgan fingerprint density at radius 3 is 2.67 bits per heavy atom. The highest BCUT2D eigenvalue weighted by Crippen LogP contribution is 2.15. The molecule has 0 radical (unpaired) electrons. The van der Waals surface area contributed by atoms with Crippen LogP contribution < -0.4 is 5.32 Å². The lowest BCUT2D eigenvalue weighted by molar-refractivity contribution is 0.231. The molecule has 0 aliphatic carbocycles. The van der Waals surface area contributed by atoms with E-state index in [1.807, 2.05) is 24.4 Å². The van der Waals surface area contributed by atoms with Crippen molar-refractivity contribution in [1.29, 1.82) is 0 Å². The van der Waals surface area contributed by atoms with Crippen LogP contribution >= 0.6 is 0 Å². The van der Waals surface area contributed by atoms with Crippen molar-refractivity contribution < 1.29 is 0 Å². The molecule has 3 rings (SSSR count). The summed E-state index contributed by atoms with van der Waals surface area (Å²) in [5.74, 6) is 0.959. The molecule has 1 aliphatic heterocycles. The van der Waals surface area contributed by atoms with Crippen molar-refractivity contribution in [2.75, 3.05) is 26.2 Å². The van der Waals surface area contributed by atoms with Gasteiger partial charge in [-0.2, -0.15) is 0 Å². The van der Waals surface area contributed by atoms with E-state index in [0.29, 0.717) is 0 Å². The first kappa shape index (κ1) is 11.4. The van der Waals surface area contributed by atoms with Crippen molar-refractivity contribution in [3.05, 3.63) is 42.2 Å². The summed E-state index contributed by atoms with van der Waals surface area (Å²) in [6, 6.07) is 10.2. The summed E-state index contributed by atoms with van der Waals surface area (Å²) < 4.78 is 0. The average molecular weight is 242 g/mol. The highest BCUT2D eigenvalue weighted by Gasteiger charge is 2.11. The second-order valence-corrected chi connectivity index (χ2v) is 4.65. The first-order chi connectivity index (χ1) is 8.92. The van der Waals surface area contributed by atoms with Gasteiger partial charge < -0.3 is 10.3 Å². The number of aromatic amines is 1. The number of benzene rings is 1. The number of aromatic nitrogens is 2. The van der Waals surface area contributed by atoms with Gasteiger partial charge in [-0.25, -0.2) is 4.98 Å². The van der Waals surface area contributed by atoms with Crippen molar-refractivity contribution in [3.8, 4) is 11.4 Å². The Balaban J connectivity index is 1.69. The molecule has 1 fully saturated rings. The van der Waals surface area contributed by atoms with Crippen LogP contribution in [0.3, 0.4) is 0 Å². The van der Waals surface area contributed by atoms with E-state index in [4.69, 9.17) is 0 Å². The van der Waals surface area contributed by atoms with Crippen LogP contribution in [-0.2, 0) is 6.54 Å². The molecule has 4 heteroatoms. The summed E-state index contributed by atoms with van der Waals surface area (Å²) in [5, 5.41) is 3.36. The molecule has 2 aromatic rings. The molecular formula is C14H18N4. The van der Waals surface area contributed by atoms with Crippen LogP contribution in [0.4, 0.5) is 0 Å². The zero-order valence-corrected chi connectivity index (χ0v) is 10.4. The zero-order chi connectivity index (χ0) is 12.2. The standard InChI is InChI=1S/C14H18N4/c1-2-4-12(5-3-1)14-16-10-13(17-14)11-18-8-6-15-7-9-18/h1-5,10,15H,6-9,11H2,(H,16,17). The summed E-state index contributed by atoms with van der Waals surface area (Å²) in [7, 11) is 0. The predicted octanol–water partition coefficient (Wildman–Crippen LogP) is 1.48. The maximum Gasteiger partial charge on any atom is 0.137 e. The zero-order valence-electron chi connectivity index (χ0n) is 10.4. The van der Waals surface area contributed by atoms with Gasteiger partial charge in [0.1, 0.15) is 5.82 Å². The average Bonchev–Trinajstić information content (AvgIpc) is 2.89. The highest BCUT2D eigenvalue weighted by molar-refractivity contribution is 5.54. The summed E-state index contributed by atoms with van der Waals surface area (Å²) in [6.07, 6.45) is 1.95. The second kappa shape index (κ2) is 5.33. The molecule has 4 nitrogen and oxygen atoms in total. The number of H-pyrrole nitrogens is 1. The smallest absolute Gasteiger partial charge is 0.137 e. The summed E-state index contributed by atoms with van der Waals surface area (Å²) in [4.78, 5) is 10.3. The molecule has 0 bridgehead atoms. The molecule has 2 N–H and O–H groups in total. The Labute approximate surface area is 107 Å². The molecule has 1 aromatic carbocycles. The summed E-state index contributed by atoms with van der Waals surface area (Å²) >= 11 is 0. The minimum Gasteiger partial charge on any atom is -0.341 e. The fourth-order valence-electron chi connectivity index (χ4n) is 2.29. The van der Waals surface area contributed by atoms with Gasteiger partial charge in [-0.05, 0) is 0 Å². The largest absolute Gasteiger partial charge is 0.341 e. The van der Waals surface area contributed by atoms with Crippen LogP contribution in [0.1, 0.15) is 5.69 Å². The van der Waals surface area contributed by atoms with Crippen molar-refractivity contribution in [2.24, 2.45) is 0 Å². The third kappa shape index (κ3) is 2.60. The summed E-state index contributed by atoms with van der Waals surface area (Å²) in [6.45, 7) is 5.35. The molecule has 1 saturated heterocycles. The van der Waals surface area contributed by atoms with Gasteiger partial charge in [-0.1, -0.05) is 30.3 Å². The molecule has 0 spiro atoms. The number of piperazine rings is 1. The molecule has 1 aromatic heterocycles. The Hall–Kier alpha value is -1.65. The molecule has 18 heavy (non-hydrogen) atoms. The summed E-state index contributed by atoms with van der Waals surface area (Å²) in [5.41, 5.74) is 2.33. The molecule has 0 amide bonds. The van der Waals surface area contributed by atoms with Gasteiger partial charge in [0.15, 0.2) is 0 Å². The number of nitrogens with one attached hydrogen (secondary N) is 2. The number of nitrogens with zero attached hydrogens (tertiary/aromatic N) is 2. The van der Waals surface area contributed by atoms with E-state index in [-0.39, 0.29) is 0 Å². The first-order valence-corrected chi connectivity index (χ1v) is 6.44. The van der Waals surface area contributed by atoms with Gasteiger partial charge in [0.2, 0.25) is 0 Å². The molecule has 0 saturated carbocycles. The van der Waals surface area contributed by atoms with Gasteiger partial charge in [0.05, 0.1) is 0 Å². The van der Waals surface area contributed by atoms with E-state index in [2.05, 4.69) is 32.3 Å². The maximum atomic E-state index is 4.45. The lowest BCUT2D eigenvalue weighted by Crippen LogP contribution is -2.42. The van der Waals surface area contributed by atoms with E-state index >= 15 is 0 Å². The van der Waals surface area contributed by atoms with Crippen molar-refractivity contribution in [3.63, 3.8) is 0 Å². The van der Waals surface area contributed by atoms with Gasteiger partial charge >= 0.3 is 0 Å². The first-order valence-electron chi connectivity index (χ1n) is 6.44. The van der Waals surface area contributed by atoms with Crippen molar-refractivity contribution >= 4 is 0 Å². The van der Waals surface area contributed by atoms with Crippen LogP contribution in [0.25, 0.3) is 11.4 Å². The molecule has 2 heterocycles. The lowest BCUT2D eigenvalue weighted by atomic mass is 10.2. The normalized spacial score (nSPS) is 16.9. The third-order valence-electron chi connectivity index (χ3n) is 3.28. The molecule has 0 unspecified atom stereocenters. The quantitative estimate of drug-likeness (QED) is 0.857. The number of imidazole rings is 1. The maximum absolute atomic E-state index is 4.45. The van der Waals surface area contributed by atoms with E-state index < -0.39 is 0 Å². The Morgan fingerprint density at radius 1 is 1.11 bits per heavy atom. The fraction of sp³-hybridized carbons (Fsp3) is 0.357. The Bertz CT molecular complexity index is 486. The van der Waals surface area contributed by atoms with Gasteiger partial charge in [-0.15, -0.1) is 0 Å². The van der Waals surface area contributed by atoms with Gasteiger partial charge in [0.25, 0.3) is 0 Å². The van der Waals surface area contributed by atoms with Crippen LogP contribution in [0.2, 0.25) is 0 Å². The van der Waals surface area contributed by atoms with Crippen LogP contribution in [-0.4, -0.2) is 41.0 Å². The topological polar surface area (TPSA) is 44.0 Å².